The number of hydrogen-bond donors (Lipinski definition) is 1. The maximum Gasteiger partial charge on any atom is 0.133 e. The molecule has 2 aromatic rings. The van der Waals surface area contributed by atoms with E-state index in [0.717, 1.165) is 31.2 Å². The van der Waals surface area contributed by atoms with Crippen LogP contribution >= 0.6 is 0 Å². The Hall–Kier alpha value is -1.61. The van der Waals surface area contributed by atoms with Gasteiger partial charge in [-0.15, -0.1) is 0 Å². The third kappa shape index (κ3) is 2.38. The van der Waals surface area contributed by atoms with Crippen molar-refractivity contribution in [3.05, 3.63) is 35.9 Å². The van der Waals surface area contributed by atoms with E-state index in [1.807, 2.05) is 0 Å². The van der Waals surface area contributed by atoms with Crippen molar-refractivity contribution < 1.29 is 0 Å². The zero-order chi connectivity index (χ0) is 13.4. The van der Waals surface area contributed by atoms with Gasteiger partial charge in [0.2, 0.25) is 0 Å². The quantitative estimate of drug-likeness (QED) is 0.922. The SMILES string of the molecule is c1ccc2nc(N3CCCC3)c(CNC3CC3)cc2c1. The third-order valence-corrected chi connectivity index (χ3v) is 4.34. The highest BCUT2D eigenvalue weighted by Gasteiger charge is 2.22. The molecule has 1 aliphatic heterocycles. The van der Waals surface area contributed by atoms with E-state index in [1.165, 1.54) is 42.5 Å². The van der Waals surface area contributed by atoms with E-state index in [-0.39, 0.29) is 0 Å². The summed E-state index contributed by atoms with van der Waals surface area (Å²) in [7, 11) is 0. The van der Waals surface area contributed by atoms with Crippen LogP contribution in [-0.2, 0) is 6.54 Å². The Balaban J connectivity index is 1.72. The molecule has 1 aromatic heterocycles. The Labute approximate surface area is 120 Å². The standard InChI is InChI=1S/C17H21N3/c1-2-6-16-13(5-1)11-14(12-18-15-7-8-15)17(19-16)20-9-3-4-10-20/h1-2,5-6,11,15,18H,3-4,7-10,12H2. The van der Waals surface area contributed by atoms with E-state index in [1.54, 1.807) is 0 Å². The molecule has 1 aliphatic carbocycles. The van der Waals surface area contributed by atoms with Gasteiger partial charge >= 0.3 is 0 Å². The highest BCUT2D eigenvalue weighted by Crippen LogP contribution is 2.27. The van der Waals surface area contributed by atoms with Gasteiger partial charge in [-0.25, -0.2) is 4.98 Å². The molecule has 0 atom stereocenters. The maximum atomic E-state index is 4.94. The first-order valence-corrected chi connectivity index (χ1v) is 7.77. The molecular formula is C17H21N3. The van der Waals surface area contributed by atoms with Gasteiger partial charge in [0.15, 0.2) is 0 Å². The number of nitrogens with one attached hydrogen (secondary N) is 1. The minimum Gasteiger partial charge on any atom is -0.356 e. The topological polar surface area (TPSA) is 28.2 Å². The molecule has 2 fully saturated rings. The maximum absolute atomic E-state index is 4.94. The average molecular weight is 267 g/mol. The summed E-state index contributed by atoms with van der Waals surface area (Å²) < 4.78 is 0. The Bertz CT molecular complexity index is 613. The average Bonchev–Trinajstić information content (AvgIpc) is 3.16. The number of rotatable bonds is 4. The molecule has 1 aromatic carbocycles. The number of aromatic nitrogens is 1. The van der Waals surface area contributed by atoms with Gasteiger partial charge in [-0.3, -0.25) is 0 Å². The lowest BCUT2D eigenvalue weighted by molar-refractivity contribution is 0.684. The number of nitrogens with zero attached hydrogens (tertiary/aromatic N) is 2. The zero-order valence-electron chi connectivity index (χ0n) is 11.8. The molecule has 104 valence electrons. The van der Waals surface area contributed by atoms with Crippen molar-refractivity contribution >= 4 is 16.7 Å². The number of benzene rings is 1. The lowest BCUT2D eigenvalue weighted by Gasteiger charge is -2.21. The van der Waals surface area contributed by atoms with Gasteiger partial charge in [0.1, 0.15) is 5.82 Å². The number of fused-ring (bicyclic) bond motifs is 1. The summed E-state index contributed by atoms with van der Waals surface area (Å²) in [6.07, 6.45) is 5.26. The van der Waals surface area contributed by atoms with Crippen LogP contribution < -0.4 is 10.2 Å². The molecular weight excluding hydrogens is 246 g/mol. The number of para-hydroxylation sites is 1. The first-order chi connectivity index (χ1) is 9.90. The molecule has 0 spiro atoms. The van der Waals surface area contributed by atoms with Crippen LogP contribution in [0.5, 0.6) is 0 Å². The second-order valence-corrected chi connectivity index (χ2v) is 6.01. The van der Waals surface area contributed by atoms with E-state index < -0.39 is 0 Å². The van der Waals surface area contributed by atoms with E-state index >= 15 is 0 Å². The summed E-state index contributed by atoms with van der Waals surface area (Å²) in [5.74, 6) is 1.20. The first-order valence-electron chi connectivity index (χ1n) is 7.77. The minimum atomic E-state index is 0.743. The van der Waals surface area contributed by atoms with E-state index in [2.05, 4.69) is 40.5 Å². The molecule has 1 N–H and O–H groups in total. The highest BCUT2D eigenvalue weighted by molar-refractivity contribution is 5.81. The van der Waals surface area contributed by atoms with Gasteiger partial charge in [0.05, 0.1) is 5.52 Å². The second kappa shape index (κ2) is 5.06. The second-order valence-electron chi connectivity index (χ2n) is 6.01. The van der Waals surface area contributed by atoms with Gasteiger partial charge in [-0.2, -0.15) is 0 Å². The fourth-order valence-corrected chi connectivity index (χ4v) is 3.02. The Morgan fingerprint density at radius 1 is 1.15 bits per heavy atom. The summed E-state index contributed by atoms with van der Waals surface area (Å²) in [5, 5.41) is 4.89. The molecule has 0 bridgehead atoms. The van der Waals surface area contributed by atoms with Crippen LogP contribution in [0.3, 0.4) is 0 Å². The molecule has 0 radical (unpaired) electrons. The monoisotopic (exact) mass is 267 g/mol. The van der Waals surface area contributed by atoms with Crippen LogP contribution in [-0.4, -0.2) is 24.1 Å². The number of anilines is 1. The Morgan fingerprint density at radius 3 is 2.75 bits per heavy atom. The summed E-state index contributed by atoms with van der Waals surface area (Å²) in [6.45, 7) is 3.26. The first kappa shape index (κ1) is 12.2. The molecule has 2 aliphatic rings. The molecule has 2 heterocycles. The normalized spacial score (nSPS) is 18.9. The molecule has 3 heteroatoms. The third-order valence-electron chi connectivity index (χ3n) is 4.34. The van der Waals surface area contributed by atoms with Gasteiger partial charge in [0, 0.05) is 36.6 Å². The van der Waals surface area contributed by atoms with Gasteiger partial charge in [-0.05, 0) is 37.8 Å². The van der Waals surface area contributed by atoms with Crippen LogP contribution in [0, 0.1) is 0 Å². The van der Waals surface area contributed by atoms with Crippen LogP contribution in [0.4, 0.5) is 5.82 Å². The number of pyridine rings is 1. The van der Waals surface area contributed by atoms with Crippen molar-refractivity contribution in [1.82, 2.24) is 10.3 Å². The van der Waals surface area contributed by atoms with Crippen LogP contribution in [0.15, 0.2) is 30.3 Å². The van der Waals surface area contributed by atoms with E-state index in [9.17, 15) is 0 Å². The predicted molar refractivity (Wildman–Crippen MR) is 83.1 cm³/mol. The van der Waals surface area contributed by atoms with Crippen molar-refractivity contribution in [2.24, 2.45) is 0 Å². The van der Waals surface area contributed by atoms with Gasteiger partial charge in [0.25, 0.3) is 0 Å². The minimum absolute atomic E-state index is 0.743. The van der Waals surface area contributed by atoms with E-state index in [0.29, 0.717) is 0 Å². The molecule has 0 unspecified atom stereocenters. The van der Waals surface area contributed by atoms with Crippen LogP contribution in [0.25, 0.3) is 10.9 Å². The Morgan fingerprint density at radius 2 is 1.95 bits per heavy atom. The largest absolute Gasteiger partial charge is 0.356 e. The smallest absolute Gasteiger partial charge is 0.133 e. The predicted octanol–water partition coefficient (Wildman–Crippen LogP) is 3.09. The van der Waals surface area contributed by atoms with E-state index in [4.69, 9.17) is 4.98 Å². The van der Waals surface area contributed by atoms with Crippen LogP contribution in [0.2, 0.25) is 0 Å². The van der Waals surface area contributed by atoms with Crippen LogP contribution in [0.1, 0.15) is 31.2 Å². The van der Waals surface area contributed by atoms with Crippen molar-refractivity contribution in [1.29, 1.82) is 0 Å². The fraction of sp³-hybridized carbons (Fsp3) is 0.471. The molecule has 20 heavy (non-hydrogen) atoms. The lowest BCUT2D eigenvalue weighted by Crippen LogP contribution is -2.23. The van der Waals surface area contributed by atoms with Gasteiger partial charge < -0.3 is 10.2 Å². The Kier molecular flexibility index (Phi) is 3.07. The lowest BCUT2D eigenvalue weighted by atomic mass is 10.1. The number of hydrogen-bond acceptors (Lipinski definition) is 3. The van der Waals surface area contributed by atoms with Crippen molar-refractivity contribution in [3.8, 4) is 0 Å². The summed E-state index contributed by atoms with van der Waals surface area (Å²) in [5.41, 5.74) is 2.47. The van der Waals surface area contributed by atoms with Crippen molar-refractivity contribution in [2.75, 3.05) is 18.0 Å². The molecule has 1 saturated heterocycles. The molecule has 0 amide bonds. The van der Waals surface area contributed by atoms with Crippen molar-refractivity contribution in [3.63, 3.8) is 0 Å². The highest BCUT2D eigenvalue weighted by atomic mass is 15.2. The summed E-state index contributed by atoms with van der Waals surface area (Å²) >= 11 is 0. The molecule has 3 nitrogen and oxygen atoms in total. The fourth-order valence-electron chi connectivity index (χ4n) is 3.02. The molecule has 4 rings (SSSR count). The summed E-state index contributed by atoms with van der Waals surface area (Å²) in [6, 6.07) is 11.5. The van der Waals surface area contributed by atoms with Gasteiger partial charge in [-0.1, -0.05) is 18.2 Å². The zero-order valence-corrected chi connectivity index (χ0v) is 11.8. The van der Waals surface area contributed by atoms with Crippen molar-refractivity contribution in [2.45, 2.75) is 38.3 Å². The summed E-state index contributed by atoms with van der Waals surface area (Å²) in [4.78, 5) is 7.40. The molecule has 1 saturated carbocycles.